The Hall–Kier alpha value is -2.54. The van der Waals surface area contributed by atoms with E-state index in [9.17, 15) is 13.2 Å². The van der Waals surface area contributed by atoms with Crippen molar-refractivity contribution in [3.05, 3.63) is 54.1 Å². The minimum Gasteiger partial charge on any atom is -0.497 e. The van der Waals surface area contributed by atoms with E-state index >= 15 is 0 Å². The van der Waals surface area contributed by atoms with Gasteiger partial charge in [0.2, 0.25) is 5.91 Å². The Balaban J connectivity index is 1.75. The molecule has 1 aliphatic rings. The average molecular weight is 403 g/mol. The number of carbonyl (C=O) groups is 1. The Morgan fingerprint density at radius 2 is 1.86 bits per heavy atom. The highest BCUT2D eigenvalue weighted by Crippen LogP contribution is 2.48. The smallest absolute Gasteiger partial charge is 0.262 e. The van der Waals surface area contributed by atoms with Gasteiger partial charge in [-0.05, 0) is 56.0 Å². The first-order valence-electron chi connectivity index (χ1n) is 9.39. The molecule has 0 radical (unpaired) electrons. The van der Waals surface area contributed by atoms with Gasteiger partial charge in [-0.2, -0.15) is 0 Å². The second kappa shape index (κ2) is 7.83. The van der Waals surface area contributed by atoms with Gasteiger partial charge in [-0.15, -0.1) is 0 Å². The van der Waals surface area contributed by atoms with E-state index in [1.807, 2.05) is 26.0 Å². The van der Waals surface area contributed by atoms with Crippen molar-refractivity contribution in [3.63, 3.8) is 0 Å². The van der Waals surface area contributed by atoms with Gasteiger partial charge >= 0.3 is 0 Å². The van der Waals surface area contributed by atoms with E-state index in [0.717, 1.165) is 24.8 Å². The first kappa shape index (κ1) is 20.2. The molecule has 1 unspecified atom stereocenters. The third-order valence-electron chi connectivity index (χ3n) is 5.22. The van der Waals surface area contributed by atoms with Crippen molar-refractivity contribution in [3.8, 4) is 5.75 Å². The van der Waals surface area contributed by atoms with Crippen molar-refractivity contribution in [1.82, 2.24) is 5.32 Å². The molecular weight excluding hydrogens is 376 g/mol. The molecule has 2 N–H and O–H groups in total. The van der Waals surface area contributed by atoms with E-state index in [0.29, 0.717) is 11.4 Å². The van der Waals surface area contributed by atoms with Crippen LogP contribution in [0.2, 0.25) is 0 Å². The monoisotopic (exact) mass is 402 g/mol. The average Bonchev–Trinajstić information content (AvgIpc) is 3.50. The zero-order chi connectivity index (χ0) is 20.4. The van der Waals surface area contributed by atoms with E-state index in [-0.39, 0.29) is 16.8 Å². The molecule has 1 fully saturated rings. The molecule has 28 heavy (non-hydrogen) atoms. The van der Waals surface area contributed by atoms with Gasteiger partial charge in [0.1, 0.15) is 5.75 Å². The third kappa shape index (κ3) is 4.14. The maximum atomic E-state index is 12.6. The van der Waals surface area contributed by atoms with Gasteiger partial charge in [0.25, 0.3) is 10.0 Å². The SMILES string of the molecule is CCC(C)NC(=O)C1(c2ccc(NS(=O)(=O)c3cccc(OC)c3)cc2)CC1. The van der Waals surface area contributed by atoms with E-state index in [1.165, 1.54) is 19.2 Å². The van der Waals surface area contributed by atoms with Crippen LogP contribution in [0.15, 0.2) is 53.4 Å². The van der Waals surface area contributed by atoms with Crippen LogP contribution in [-0.2, 0) is 20.2 Å². The molecule has 1 amide bonds. The highest BCUT2D eigenvalue weighted by Gasteiger charge is 2.51. The molecule has 0 bridgehead atoms. The van der Waals surface area contributed by atoms with Crippen molar-refractivity contribution < 1.29 is 17.9 Å². The van der Waals surface area contributed by atoms with Gasteiger partial charge in [-0.1, -0.05) is 25.1 Å². The number of hydrogen-bond donors (Lipinski definition) is 2. The van der Waals surface area contributed by atoms with Crippen molar-refractivity contribution in [2.24, 2.45) is 0 Å². The highest BCUT2D eigenvalue weighted by atomic mass is 32.2. The molecule has 1 saturated carbocycles. The number of sulfonamides is 1. The van der Waals surface area contributed by atoms with Crippen LogP contribution in [0.5, 0.6) is 5.75 Å². The van der Waals surface area contributed by atoms with Gasteiger partial charge in [0.05, 0.1) is 17.4 Å². The Bertz CT molecular complexity index is 951. The normalized spacial score (nSPS) is 16.1. The number of ether oxygens (including phenoxy) is 1. The van der Waals surface area contributed by atoms with Crippen LogP contribution in [0.3, 0.4) is 0 Å². The van der Waals surface area contributed by atoms with Gasteiger partial charge < -0.3 is 10.1 Å². The predicted octanol–water partition coefficient (Wildman–Crippen LogP) is 3.44. The number of hydrogen-bond acceptors (Lipinski definition) is 4. The maximum absolute atomic E-state index is 12.6. The number of carbonyl (C=O) groups excluding carboxylic acids is 1. The summed E-state index contributed by atoms with van der Waals surface area (Å²) in [6.45, 7) is 4.03. The van der Waals surface area contributed by atoms with Gasteiger partial charge in [-0.25, -0.2) is 8.42 Å². The number of nitrogens with one attached hydrogen (secondary N) is 2. The Morgan fingerprint density at radius 1 is 1.18 bits per heavy atom. The summed E-state index contributed by atoms with van der Waals surface area (Å²) in [5.74, 6) is 0.521. The molecule has 2 aromatic carbocycles. The molecule has 0 saturated heterocycles. The molecule has 7 heteroatoms. The Kier molecular flexibility index (Phi) is 5.65. The van der Waals surface area contributed by atoms with Crippen LogP contribution in [0.4, 0.5) is 5.69 Å². The minimum atomic E-state index is -3.72. The fourth-order valence-corrected chi connectivity index (χ4v) is 4.17. The molecule has 1 aliphatic carbocycles. The van der Waals surface area contributed by atoms with Crippen LogP contribution in [0.25, 0.3) is 0 Å². The minimum absolute atomic E-state index is 0.0477. The Morgan fingerprint density at radius 3 is 2.43 bits per heavy atom. The van der Waals surface area contributed by atoms with Gasteiger partial charge in [0.15, 0.2) is 0 Å². The van der Waals surface area contributed by atoms with E-state index in [4.69, 9.17) is 4.74 Å². The van der Waals surface area contributed by atoms with Crippen LogP contribution in [-0.4, -0.2) is 27.5 Å². The van der Waals surface area contributed by atoms with Crippen molar-refractivity contribution in [2.75, 3.05) is 11.8 Å². The molecular formula is C21H26N2O4S. The molecule has 3 rings (SSSR count). The standard InChI is InChI=1S/C21H26N2O4S/c1-4-15(2)22-20(24)21(12-13-21)16-8-10-17(11-9-16)23-28(25,26)19-7-5-6-18(14-19)27-3/h5-11,14-15,23H,4,12-13H2,1-3H3,(H,22,24). The van der Waals surface area contributed by atoms with Crippen molar-refractivity contribution in [2.45, 2.75) is 49.5 Å². The van der Waals surface area contributed by atoms with E-state index in [1.54, 1.807) is 24.3 Å². The molecule has 0 aromatic heterocycles. The number of amides is 1. The number of methoxy groups -OCH3 is 1. The quantitative estimate of drug-likeness (QED) is 0.708. The lowest BCUT2D eigenvalue weighted by Gasteiger charge is -2.19. The molecule has 2 aromatic rings. The summed E-state index contributed by atoms with van der Waals surface area (Å²) in [6.07, 6.45) is 2.50. The molecule has 0 heterocycles. The molecule has 150 valence electrons. The molecule has 1 atom stereocenters. The summed E-state index contributed by atoms with van der Waals surface area (Å²) in [5.41, 5.74) is 0.885. The number of rotatable bonds is 8. The lowest BCUT2D eigenvalue weighted by molar-refractivity contribution is -0.124. The predicted molar refractivity (Wildman–Crippen MR) is 109 cm³/mol. The lowest BCUT2D eigenvalue weighted by atomic mass is 9.94. The summed E-state index contributed by atoms with van der Waals surface area (Å²) in [4.78, 5) is 12.7. The largest absolute Gasteiger partial charge is 0.497 e. The van der Waals surface area contributed by atoms with E-state index in [2.05, 4.69) is 10.0 Å². The summed E-state index contributed by atoms with van der Waals surface area (Å²) in [7, 11) is -2.23. The second-order valence-corrected chi connectivity index (χ2v) is 8.91. The highest BCUT2D eigenvalue weighted by molar-refractivity contribution is 7.92. The Labute approximate surface area is 166 Å². The summed E-state index contributed by atoms with van der Waals surface area (Å²) >= 11 is 0. The topological polar surface area (TPSA) is 84.5 Å². The summed E-state index contributed by atoms with van der Waals surface area (Å²) < 4.78 is 32.9. The summed E-state index contributed by atoms with van der Waals surface area (Å²) in [5, 5.41) is 3.05. The maximum Gasteiger partial charge on any atom is 0.262 e. The number of anilines is 1. The molecule has 0 aliphatic heterocycles. The fraction of sp³-hybridized carbons (Fsp3) is 0.381. The third-order valence-corrected chi connectivity index (χ3v) is 6.59. The fourth-order valence-electron chi connectivity index (χ4n) is 3.08. The van der Waals surface area contributed by atoms with E-state index < -0.39 is 15.4 Å². The zero-order valence-corrected chi connectivity index (χ0v) is 17.2. The summed E-state index contributed by atoms with van der Waals surface area (Å²) in [6, 6.07) is 13.5. The number of benzene rings is 2. The van der Waals surface area contributed by atoms with Crippen molar-refractivity contribution >= 4 is 21.6 Å². The first-order valence-corrected chi connectivity index (χ1v) is 10.9. The van der Waals surface area contributed by atoms with Gasteiger partial charge in [0, 0.05) is 17.8 Å². The molecule has 6 nitrogen and oxygen atoms in total. The lowest BCUT2D eigenvalue weighted by Crippen LogP contribution is -2.39. The molecule has 0 spiro atoms. The van der Waals surface area contributed by atoms with Gasteiger partial charge in [-0.3, -0.25) is 9.52 Å². The first-order chi connectivity index (χ1) is 13.3. The van der Waals surface area contributed by atoms with Crippen LogP contribution in [0.1, 0.15) is 38.7 Å². The van der Waals surface area contributed by atoms with Crippen molar-refractivity contribution in [1.29, 1.82) is 0 Å². The van der Waals surface area contributed by atoms with Crippen LogP contribution in [0, 0.1) is 0 Å². The van der Waals surface area contributed by atoms with Crippen LogP contribution < -0.4 is 14.8 Å². The zero-order valence-electron chi connectivity index (χ0n) is 16.4. The second-order valence-electron chi connectivity index (χ2n) is 7.23. The van der Waals surface area contributed by atoms with Crippen LogP contribution >= 0.6 is 0 Å².